The first-order chi connectivity index (χ1) is 12.2. The highest BCUT2D eigenvalue weighted by atomic mass is 16.6. The van der Waals surface area contributed by atoms with Crippen LogP contribution in [0, 0.1) is 17.2 Å². The number of ether oxygens (including phenoxy) is 1. The first kappa shape index (κ1) is 20.0. The van der Waals surface area contributed by atoms with Crippen LogP contribution in [0.15, 0.2) is 18.3 Å². The Bertz CT molecular complexity index is 661. The predicted molar refractivity (Wildman–Crippen MR) is 102 cm³/mol. The van der Waals surface area contributed by atoms with Gasteiger partial charge in [-0.25, -0.2) is 9.78 Å². The average molecular weight is 358 g/mol. The summed E-state index contributed by atoms with van der Waals surface area (Å²) in [6, 6.07) is 5.88. The second kappa shape index (κ2) is 8.39. The maximum atomic E-state index is 12.6. The van der Waals surface area contributed by atoms with Crippen LogP contribution in [-0.2, 0) is 4.74 Å². The van der Waals surface area contributed by atoms with Gasteiger partial charge in [-0.05, 0) is 65.5 Å². The third-order valence-electron chi connectivity index (χ3n) is 4.43. The van der Waals surface area contributed by atoms with Crippen molar-refractivity contribution in [3.05, 3.63) is 23.9 Å². The Labute approximate surface area is 156 Å². The summed E-state index contributed by atoms with van der Waals surface area (Å²) in [7, 11) is 0. The van der Waals surface area contributed by atoms with E-state index in [2.05, 4.69) is 16.0 Å². The Hall–Kier alpha value is -2.29. The molecule has 1 fully saturated rings. The number of nitrogens with zero attached hydrogens (tertiary/aromatic N) is 4. The number of carbonyl (C=O) groups is 1. The van der Waals surface area contributed by atoms with E-state index in [-0.39, 0.29) is 12.1 Å². The standard InChI is InChI=1S/C20H30N4O2/c1-15(2)24(19(25)26-20(3,4)5)14-16-8-7-11-23(13-16)18-17(12-21)9-6-10-22-18/h6,9-10,15-16H,7-8,11,13-14H2,1-5H3. The number of anilines is 1. The molecule has 0 N–H and O–H groups in total. The fourth-order valence-corrected chi connectivity index (χ4v) is 3.24. The smallest absolute Gasteiger partial charge is 0.410 e. The highest BCUT2D eigenvalue weighted by Gasteiger charge is 2.29. The zero-order valence-corrected chi connectivity index (χ0v) is 16.5. The van der Waals surface area contributed by atoms with Gasteiger partial charge < -0.3 is 14.5 Å². The van der Waals surface area contributed by atoms with E-state index in [0.29, 0.717) is 18.0 Å². The van der Waals surface area contributed by atoms with E-state index in [1.165, 1.54) is 0 Å². The third kappa shape index (κ3) is 5.35. The van der Waals surface area contributed by atoms with Crippen molar-refractivity contribution >= 4 is 11.9 Å². The monoisotopic (exact) mass is 358 g/mol. The van der Waals surface area contributed by atoms with Crippen LogP contribution in [0.1, 0.15) is 53.0 Å². The van der Waals surface area contributed by atoms with Crippen molar-refractivity contribution in [2.75, 3.05) is 24.5 Å². The summed E-state index contributed by atoms with van der Waals surface area (Å²) < 4.78 is 5.57. The average Bonchev–Trinajstić information content (AvgIpc) is 2.58. The van der Waals surface area contributed by atoms with Crippen molar-refractivity contribution < 1.29 is 9.53 Å². The number of carbonyl (C=O) groups excluding carboxylic acids is 1. The van der Waals surface area contributed by atoms with Crippen LogP contribution in [0.25, 0.3) is 0 Å². The van der Waals surface area contributed by atoms with Crippen LogP contribution in [-0.4, -0.2) is 47.3 Å². The SMILES string of the molecule is CC(C)N(CC1CCCN(c2ncccc2C#N)C1)C(=O)OC(C)(C)C. The summed E-state index contributed by atoms with van der Waals surface area (Å²) in [6.45, 7) is 12.0. The zero-order chi connectivity index (χ0) is 19.3. The van der Waals surface area contributed by atoms with Crippen LogP contribution in [0.5, 0.6) is 0 Å². The molecule has 0 aromatic carbocycles. The van der Waals surface area contributed by atoms with E-state index in [4.69, 9.17) is 4.74 Å². The Morgan fingerprint density at radius 2 is 2.23 bits per heavy atom. The molecule has 2 heterocycles. The Morgan fingerprint density at radius 1 is 1.50 bits per heavy atom. The molecule has 142 valence electrons. The van der Waals surface area contributed by atoms with E-state index < -0.39 is 5.60 Å². The number of hydrogen-bond donors (Lipinski definition) is 0. The largest absolute Gasteiger partial charge is 0.444 e. The summed E-state index contributed by atoms with van der Waals surface area (Å²) in [5.41, 5.74) is 0.0966. The molecular formula is C20H30N4O2. The molecular weight excluding hydrogens is 328 g/mol. The van der Waals surface area contributed by atoms with Gasteiger partial charge in [-0.3, -0.25) is 0 Å². The zero-order valence-electron chi connectivity index (χ0n) is 16.5. The molecule has 6 nitrogen and oxygen atoms in total. The van der Waals surface area contributed by atoms with E-state index in [1.54, 1.807) is 18.3 Å². The van der Waals surface area contributed by atoms with E-state index in [0.717, 1.165) is 31.7 Å². The molecule has 1 amide bonds. The number of piperidine rings is 1. The number of aromatic nitrogens is 1. The summed E-state index contributed by atoms with van der Waals surface area (Å²) in [6.07, 6.45) is 3.53. The minimum Gasteiger partial charge on any atom is -0.444 e. The van der Waals surface area contributed by atoms with Crippen LogP contribution < -0.4 is 4.90 Å². The van der Waals surface area contributed by atoms with Crippen molar-refractivity contribution in [3.8, 4) is 6.07 Å². The molecule has 1 aromatic rings. The lowest BCUT2D eigenvalue weighted by Gasteiger charge is -2.38. The molecule has 0 bridgehead atoms. The van der Waals surface area contributed by atoms with Gasteiger partial charge in [0.15, 0.2) is 0 Å². The molecule has 0 radical (unpaired) electrons. The fraction of sp³-hybridized carbons (Fsp3) is 0.650. The molecule has 2 rings (SSSR count). The second-order valence-corrected chi connectivity index (χ2v) is 8.17. The Morgan fingerprint density at radius 3 is 2.85 bits per heavy atom. The maximum Gasteiger partial charge on any atom is 0.410 e. The van der Waals surface area contributed by atoms with Crippen molar-refractivity contribution in [2.45, 2.75) is 59.1 Å². The lowest BCUT2D eigenvalue weighted by molar-refractivity contribution is 0.0151. The molecule has 1 atom stereocenters. The first-order valence-electron chi connectivity index (χ1n) is 9.31. The van der Waals surface area contributed by atoms with Crippen LogP contribution in [0.3, 0.4) is 0 Å². The van der Waals surface area contributed by atoms with Crippen LogP contribution in [0.2, 0.25) is 0 Å². The summed E-state index contributed by atoms with van der Waals surface area (Å²) >= 11 is 0. The Kier molecular flexibility index (Phi) is 6.47. The molecule has 1 aromatic heterocycles. The summed E-state index contributed by atoms with van der Waals surface area (Å²) in [4.78, 5) is 20.9. The quantitative estimate of drug-likeness (QED) is 0.818. The van der Waals surface area contributed by atoms with Gasteiger partial charge in [-0.1, -0.05) is 0 Å². The molecule has 1 unspecified atom stereocenters. The topological polar surface area (TPSA) is 69.5 Å². The first-order valence-corrected chi connectivity index (χ1v) is 9.31. The second-order valence-electron chi connectivity index (χ2n) is 8.17. The number of rotatable bonds is 4. The molecule has 0 saturated carbocycles. The Balaban J connectivity index is 2.08. The van der Waals surface area contributed by atoms with Gasteiger partial charge >= 0.3 is 6.09 Å². The van der Waals surface area contributed by atoms with Gasteiger partial charge in [0.05, 0.1) is 5.56 Å². The number of nitriles is 1. The van der Waals surface area contributed by atoms with Crippen molar-refractivity contribution in [1.29, 1.82) is 5.26 Å². The van der Waals surface area contributed by atoms with E-state index in [9.17, 15) is 10.1 Å². The highest BCUT2D eigenvalue weighted by Crippen LogP contribution is 2.25. The minimum atomic E-state index is -0.502. The highest BCUT2D eigenvalue weighted by molar-refractivity contribution is 5.68. The van der Waals surface area contributed by atoms with Crippen molar-refractivity contribution in [1.82, 2.24) is 9.88 Å². The molecule has 0 spiro atoms. The lowest BCUT2D eigenvalue weighted by Crippen LogP contribution is -2.47. The van der Waals surface area contributed by atoms with Crippen molar-refractivity contribution in [3.63, 3.8) is 0 Å². The third-order valence-corrected chi connectivity index (χ3v) is 4.43. The normalized spacial score (nSPS) is 17.7. The molecule has 1 aliphatic heterocycles. The number of pyridine rings is 1. The number of hydrogen-bond acceptors (Lipinski definition) is 5. The predicted octanol–water partition coefficient (Wildman–Crippen LogP) is 3.82. The maximum absolute atomic E-state index is 12.6. The molecule has 1 saturated heterocycles. The van der Waals surface area contributed by atoms with Gasteiger partial charge in [-0.2, -0.15) is 5.26 Å². The van der Waals surface area contributed by atoms with Gasteiger partial charge in [0.1, 0.15) is 17.5 Å². The molecule has 0 aliphatic carbocycles. The van der Waals surface area contributed by atoms with E-state index in [1.807, 2.05) is 39.5 Å². The van der Waals surface area contributed by atoms with Crippen LogP contribution >= 0.6 is 0 Å². The molecule has 1 aliphatic rings. The molecule has 26 heavy (non-hydrogen) atoms. The van der Waals surface area contributed by atoms with Crippen molar-refractivity contribution in [2.24, 2.45) is 5.92 Å². The summed E-state index contributed by atoms with van der Waals surface area (Å²) in [5, 5.41) is 9.33. The van der Waals surface area contributed by atoms with Gasteiger partial charge in [-0.15, -0.1) is 0 Å². The number of amides is 1. The summed E-state index contributed by atoms with van der Waals surface area (Å²) in [5.74, 6) is 1.07. The van der Waals surface area contributed by atoms with Crippen LogP contribution in [0.4, 0.5) is 10.6 Å². The van der Waals surface area contributed by atoms with E-state index >= 15 is 0 Å². The lowest BCUT2D eigenvalue weighted by atomic mass is 9.96. The van der Waals surface area contributed by atoms with Gasteiger partial charge in [0, 0.05) is 31.9 Å². The van der Waals surface area contributed by atoms with Gasteiger partial charge in [0.2, 0.25) is 0 Å². The fourth-order valence-electron chi connectivity index (χ4n) is 3.24. The minimum absolute atomic E-state index is 0.0738. The molecule has 6 heteroatoms. The van der Waals surface area contributed by atoms with Gasteiger partial charge in [0.25, 0.3) is 0 Å².